The summed E-state index contributed by atoms with van der Waals surface area (Å²) < 4.78 is 13.5. The third-order valence-corrected chi connectivity index (χ3v) is 4.08. The van der Waals surface area contributed by atoms with Crippen molar-refractivity contribution in [2.75, 3.05) is 6.54 Å². The number of benzene rings is 1. The molecule has 0 bridgehead atoms. The molecule has 7 heteroatoms. The van der Waals surface area contributed by atoms with E-state index in [1.165, 1.54) is 0 Å². The Morgan fingerprint density at radius 1 is 1.60 bits per heavy atom. The summed E-state index contributed by atoms with van der Waals surface area (Å²) >= 11 is 6.04. The molecule has 1 saturated heterocycles. The maximum absolute atomic E-state index is 13.5. The number of carbonyl (C=O) groups is 1. The molecule has 1 aliphatic rings. The second-order valence-corrected chi connectivity index (χ2v) is 5.38. The first-order chi connectivity index (χ1) is 9.47. The number of likely N-dealkylation sites (tertiary alicyclic amines) is 1. The molecule has 5 nitrogen and oxygen atoms in total. The minimum atomic E-state index is -1.16. The van der Waals surface area contributed by atoms with E-state index in [0.29, 0.717) is 16.4 Å². The summed E-state index contributed by atoms with van der Waals surface area (Å²) in [7, 11) is 0. The van der Waals surface area contributed by atoms with Gasteiger partial charge < -0.3 is 10.1 Å². The van der Waals surface area contributed by atoms with E-state index in [2.05, 4.69) is 9.97 Å². The third-order valence-electron chi connectivity index (χ3n) is 3.67. The molecule has 0 unspecified atom stereocenters. The highest BCUT2D eigenvalue weighted by atomic mass is 35.5. The van der Waals surface area contributed by atoms with E-state index in [9.17, 15) is 9.18 Å². The lowest BCUT2D eigenvalue weighted by molar-refractivity contribution is 0.137. The molecule has 1 aliphatic heterocycles. The van der Waals surface area contributed by atoms with Gasteiger partial charge >= 0.3 is 6.09 Å². The number of aryl methyl sites for hydroxylation is 1. The Kier molecular flexibility index (Phi) is 3.05. The number of nitrogens with zero attached hydrogens (tertiary/aromatic N) is 2. The minimum absolute atomic E-state index is 0.114. The van der Waals surface area contributed by atoms with Crippen LogP contribution in [0.4, 0.5) is 9.18 Å². The van der Waals surface area contributed by atoms with Crippen molar-refractivity contribution in [3.8, 4) is 0 Å². The number of carboxylic acid groups (broad SMARTS) is 1. The number of amides is 1. The molecule has 106 valence electrons. The molecule has 1 fully saturated rings. The summed E-state index contributed by atoms with van der Waals surface area (Å²) in [6, 6.07) is 2.96. The average molecular weight is 298 g/mol. The Balaban J connectivity index is 2.06. The van der Waals surface area contributed by atoms with Gasteiger partial charge in [0.05, 0.1) is 23.6 Å². The predicted octanol–water partition coefficient (Wildman–Crippen LogP) is 3.29. The van der Waals surface area contributed by atoms with Crippen molar-refractivity contribution in [1.29, 1.82) is 0 Å². The number of aromatic nitrogens is 2. The van der Waals surface area contributed by atoms with Crippen LogP contribution in [0, 0.1) is 6.92 Å². The standard InChI is InChI=1S/C13H13ClFN3O2/c1-6-8(14)2-3-9-11(6)17-12(16-9)10-4-7(15)5-18(10)13(19)20/h2-3,7,10H,4-5H2,1H3,(H,16,17)(H,19,20)/t7-,10-/m0/s1. The Hall–Kier alpha value is -1.82. The molecule has 1 aromatic heterocycles. The summed E-state index contributed by atoms with van der Waals surface area (Å²) in [6.07, 6.45) is -2.17. The number of imidazole rings is 1. The zero-order chi connectivity index (χ0) is 14.4. The second kappa shape index (κ2) is 4.63. The maximum Gasteiger partial charge on any atom is 0.408 e. The zero-order valence-corrected chi connectivity index (χ0v) is 11.5. The van der Waals surface area contributed by atoms with Gasteiger partial charge in [-0.25, -0.2) is 14.2 Å². The van der Waals surface area contributed by atoms with Crippen LogP contribution in [-0.2, 0) is 0 Å². The summed E-state index contributed by atoms with van der Waals surface area (Å²) in [5, 5.41) is 9.73. The van der Waals surface area contributed by atoms with Crippen LogP contribution in [-0.4, -0.2) is 38.8 Å². The van der Waals surface area contributed by atoms with Crippen LogP contribution in [0.25, 0.3) is 11.0 Å². The Morgan fingerprint density at radius 3 is 3.05 bits per heavy atom. The van der Waals surface area contributed by atoms with Gasteiger partial charge in [0.2, 0.25) is 0 Å². The topological polar surface area (TPSA) is 69.2 Å². The number of hydrogen-bond donors (Lipinski definition) is 2. The molecule has 0 aliphatic carbocycles. The van der Waals surface area contributed by atoms with Crippen LogP contribution in [0.5, 0.6) is 0 Å². The molecule has 1 amide bonds. The SMILES string of the molecule is Cc1c(Cl)ccc2[nH]c([C@@H]3C[C@H](F)CN3C(=O)O)nc12. The third kappa shape index (κ3) is 2.00. The van der Waals surface area contributed by atoms with Gasteiger partial charge in [0.15, 0.2) is 0 Å². The van der Waals surface area contributed by atoms with Gasteiger partial charge in [0, 0.05) is 11.4 Å². The van der Waals surface area contributed by atoms with E-state index in [1.807, 2.05) is 6.92 Å². The van der Waals surface area contributed by atoms with Gasteiger partial charge in [-0.3, -0.25) is 4.90 Å². The van der Waals surface area contributed by atoms with E-state index in [1.54, 1.807) is 12.1 Å². The van der Waals surface area contributed by atoms with Crippen LogP contribution in [0.1, 0.15) is 23.9 Å². The monoisotopic (exact) mass is 297 g/mol. The molecule has 20 heavy (non-hydrogen) atoms. The molecule has 1 aromatic carbocycles. The predicted molar refractivity (Wildman–Crippen MR) is 72.8 cm³/mol. The Bertz CT molecular complexity index is 688. The average Bonchev–Trinajstić information content (AvgIpc) is 2.97. The molecule has 0 saturated carbocycles. The van der Waals surface area contributed by atoms with Crippen LogP contribution in [0.2, 0.25) is 5.02 Å². The lowest BCUT2D eigenvalue weighted by Crippen LogP contribution is -2.30. The fourth-order valence-electron chi connectivity index (χ4n) is 2.62. The number of rotatable bonds is 1. The van der Waals surface area contributed by atoms with Gasteiger partial charge in [-0.15, -0.1) is 0 Å². The quantitative estimate of drug-likeness (QED) is 0.848. The van der Waals surface area contributed by atoms with Gasteiger partial charge in [-0.2, -0.15) is 0 Å². The van der Waals surface area contributed by atoms with E-state index < -0.39 is 18.3 Å². The first-order valence-electron chi connectivity index (χ1n) is 6.25. The molecule has 2 N–H and O–H groups in total. The number of nitrogens with one attached hydrogen (secondary N) is 1. The van der Waals surface area contributed by atoms with Gasteiger partial charge in [-0.05, 0) is 24.6 Å². The van der Waals surface area contributed by atoms with E-state index in [-0.39, 0.29) is 13.0 Å². The normalized spacial score (nSPS) is 22.6. The van der Waals surface area contributed by atoms with Crippen molar-refractivity contribution in [2.24, 2.45) is 0 Å². The molecule has 2 atom stereocenters. The van der Waals surface area contributed by atoms with Crippen LogP contribution < -0.4 is 0 Å². The molecule has 0 radical (unpaired) electrons. The van der Waals surface area contributed by atoms with Gasteiger partial charge in [-0.1, -0.05) is 11.6 Å². The maximum atomic E-state index is 13.5. The van der Waals surface area contributed by atoms with E-state index >= 15 is 0 Å². The van der Waals surface area contributed by atoms with Crippen LogP contribution in [0.3, 0.4) is 0 Å². The summed E-state index contributed by atoms with van der Waals surface area (Å²) in [5.41, 5.74) is 2.29. The number of halogens is 2. The highest BCUT2D eigenvalue weighted by molar-refractivity contribution is 6.32. The van der Waals surface area contributed by atoms with Gasteiger partial charge in [0.1, 0.15) is 12.0 Å². The van der Waals surface area contributed by atoms with Gasteiger partial charge in [0.25, 0.3) is 0 Å². The van der Waals surface area contributed by atoms with Crippen molar-refractivity contribution in [1.82, 2.24) is 14.9 Å². The number of fused-ring (bicyclic) bond motifs is 1. The van der Waals surface area contributed by atoms with Crippen molar-refractivity contribution in [2.45, 2.75) is 25.6 Å². The fraction of sp³-hybridized carbons (Fsp3) is 0.385. The second-order valence-electron chi connectivity index (χ2n) is 4.97. The summed E-state index contributed by atoms with van der Waals surface area (Å²) in [5.74, 6) is 0.466. The molecule has 0 spiro atoms. The van der Waals surface area contributed by atoms with Crippen molar-refractivity contribution >= 4 is 28.7 Å². The Labute approximate surface area is 119 Å². The molecule has 2 heterocycles. The fourth-order valence-corrected chi connectivity index (χ4v) is 2.77. The molecule has 3 rings (SSSR count). The smallest absolute Gasteiger partial charge is 0.408 e. The zero-order valence-electron chi connectivity index (χ0n) is 10.7. The molecule has 2 aromatic rings. The molecular formula is C13H13ClFN3O2. The summed E-state index contributed by atoms with van der Waals surface area (Å²) in [6.45, 7) is 1.73. The number of H-pyrrole nitrogens is 1. The van der Waals surface area contributed by atoms with Crippen molar-refractivity contribution in [3.05, 3.63) is 28.5 Å². The van der Waals surface area contributed by atoms with E-state index in [4.69, 9.17) is 16.7 Å². The lowest BCUT2D eigenvalue weighted by Gasteiger charge is -2.18. The van der Waals surface area contributed by atoms with Crippen LogP contribution >= 0.6 is 11.6 Å². The minimum Gasteiger partial charge on any atom is -0.465 e. The number of alkyl halides is 1. The summed E-state index contributed by atoms with van der Waals surface area (Å²) in [4.78, 5) is 19.7. The van der Waals surface area contributed by atoms with Crippen molar-refractivity contribution in [3.63, 3.8) is 0 Å². The number of hydrogen-bond acceptors (Lipinski definition) is 2. The highest BCUT2D eigenvalue weighted by Gasteiger charge is 2.38. The largest absolute Gasteiger partial charge is 0.465 e. The van der Waals surface area contributed by atoms with Crippen molar-refractivity contribution < 1.29 is 14.3 Å². The van der Waals surface area contributed by atoms with Crippen LogP contribution in [0.15, 0.2) is 12.1 Å². The first kappa shape index (κ1) is 13.2. The first-order valence-corrected chi connectivity index (χ1v) is 6.63. The highest BCUT2D eigenvalue weighted by Crippen LogP contribution is 2.34. The Morgan fingerprint density at radius 2 is 2.35 bits per heavy atom. The number of aromatic amines is 1. The lowest BCUT2D eigenvalue weighted by atomic mass is 10.2. The molecular weight excluding hydrogens is 285 g/mol. The van der Waals surface area contributed by atoms with E-state index in [0.717, 1.165) is 16.0 Å².